The fourth-order valence-electron chi connectivity index (χ4n) is 1.35. The van der Waals surface area contributed by atoms with E-state index in [1.54, 1.807) is 11.3 Å². The van der Waals surface area contributed by atoms with Gasteiger partial charge in [-0.25, -0.2) is 9.97 Å². The lowest BCUT2D eigenvalue weighted by molar-refractivity contribution is 1.01. The van der Waals surface area contributed by atoms with Crippen molar-refractivity contribution in [2.45, 2.75) is 13.3 Å². The van der Waals surface area contributed by atoms with Crippen LogP contribution in [0.5, 0.6) is 0 Å². The summed E-state index contributed by atoms with van der Waals surface area (Å²) in [7, 11) is 1.87. The van der Waals surface area contributed by atoms with Crippen molar-refractivity contribution >= 4 is 33.1 Å². The van der Waals surface area contributed by atoms with Crippen LogP contribution in [0.4, 0.5) is 5.82 Å². The highest BCUT2D eigenvalue weighted by Gasteiger charge is 2.07. The number of hydrogen-bond donors (Lipinski definition) is 1. The Morgan fingerprint density at radius 2 is 2.19 bits per heavy atom. The van der Waals surface area contributed by atoms with Crippen molar-refractivity contribution in [3.05, 3.63) is 27.7 Å². The van der Waals surface area contributed by atoms with Crippen LogP contribution in [-0.4, -0.2) is 17.0 Å². The molecule has 0 radical (unpaired) electrons. The molecule has 0 aliphatic carbocycles. The summed E-state index contributed by atoms with van der Waals surface area (Å²) in [5, 5.41) is 5.10. The molecule has 84 valence electrons. The van der Waals surface area contributed by atoms with Gasteiger partial charge >= 0.3 is 0 Å². The first-order valence-corrected chi connectivity index (χ1v) is 6.70. The molecule has 16 heavy (non-hydrogen) atoms. The molecule has 0 bridgehead atoms. The Morgan fingerprint density at radius 3 is 2.75 bits per heavy atom. The van der Waals surface area contributed by atoms with Gasteiger partial charge in [0.2, 0.25) is 0 Å². The first kappa shape index (κ1) is 11.5. The lowest BCUT2D eigenvalue weighted by Crippen LogP contribution is -1.99. The topological polar surface area (TPSA) is 37.8 Å². The first-order chi connectivity index (χ1) is 7.72. The van der Waals surface area contributed by atoms with E-state index in [-0.39, 0.29) is 0 Å². The molecule has 3 nitrogen and oxygen atoms in total. The molecule has 0 saturated heterocycles. The number of aromatic nitrogens is 2. The zero-order chi connectivity index (χ0) is 11.5. The van der Waals surface area contributed by atoms with Gasteiger partial charge in [0.05, 0.1) is 4.88 Å². The summed E-state index contributed by atoms with van der Waals surface area (Å²) < 4.78 is 1.07. The minimum atomic E-state index is 0.791. The van der Waals surface area contributed by atoms with Crippen LogP contribution < -0.4 is 5.32 Å². The summed E-state index contributed by atoms with van der Waals surface area (Å²) in [5.41, 5.74) is 1.05. The van der Waals surface area contributed by atoms with Crippen LogP contribution in [0.25, 0.3) is 10.7 Å². The summed E-state index contributed by atoms with van der Waals surface area (Å²) in [4.78, 5) is 10.1. The molecular formula is C11H12BrN3S. The van der Waals surface area contributed by atoms with E-state index in [0.717, 1.165) is 33.1 Å². The molecule has 0 unspecified atom stereocenters. The minimum absolute atomic E-state index is 0.791. The molecule has 0 fully saturated rings. The van der Waals surface area contributed by atoms with Crippen molar-refractivity contribution < 1.29 is 0 Å². The molecule has 2 aromatic heterocycles. The average Bonchev–Trinajstić information content (AvgIpc) is 2.75. The summed E-state index contributed by atoms with van der Waals surface area (Å²) >= 11 is 5.08. The van der Waals surface area contributed by atoms with Crippen LogP contribution in [0.2, 0.25) is 0 Å². The first-order valence-electron chi connectivity index (χ1n) is 5.03. The number of thiophene rings is 1. The van der Waals surface area contributed by atoms with E-state index >= 15 is 0 Å². The number of halogens is 1. The van der Waals surface area contributed by atoms with E-state index < -0.39 is 0 Å². The molecule has 2 heterocycles. The van der Waals surface area contributed by atoms with Crippen molar-refractivity contribution in [1.29, 1.82) is 0 Å². The largest absolute Gasteiger partial charge is 0.373 e. The van der Waals surface area contributed by atoms with Gasteiger partial charge in [-0.2, -0.15) is 0 Å². The zero-order valence-corrected chi connectivity index (χ0v) is 11.5. The van der Waals surface area contributed by atoms with E-state index in [1.165, 1.54) is 0 Å². The molecule has 5 heteroatoms. The fraction of sp³-hybridized carbons (Fsp3) is 0.273. The van der Waals surface area contributed by atoms with Gasteiger partial charge in [0.25, 0.3) is 0 Å². The van der Waals surface area contributed by atoms with Gasteiger partial charge in [-0.1, -0.05) is 6.92 Å². The van der Waals surface area contributed by atoms with Crippen molar-refractivity contribution in [1.82, 2.24) is 9.97 Å². The maximum Gasteiger partial charge on any atom is 0.171 e. The van der Waals surface area contributed by atoms with Crippen molar-refractivity contribution in [3.63, 3.8) is 0 Å². The number of hydrogen-bond acceptors (Lipinski definition) is 4. The molecule has 0 amide bonds. The molecule has 0 aliphatic rings. The quantitative estimate of drug-likeness (QED) is 0.941. The Labute approximate surface area is 107 Å². The molecular weight excluding hydrogens is 286 g/mol. The van der Waals surface area contributed by atoms with Gasteiger partial charge in [0.1, 0.15) is 5.82 Å². The van der Waals surface area contributed by atoms with Crippen LogP contribution in [0, 0.1) is 0 Å². The van der Waals surface area contributed by atoms with Crippen molar-refractivity contribution in [2.24, 2.45) is 0 Å². The highest BCUT2D eigenvalue weighted by atomic mass is 79.9. The van der Waals surface area contributed by atoms with Crippen molar-refractivity contribution in [2.75, 3.05) is 12.4 Å². The van der Waals surface area contributed by atoms with Gasteiger partial charge in [-0.05, 0) is 28.4 Å². The Morgan fingerprint density at radius 1 is 1.38 bits per heavy atom. The van der Waals surface area contributed by atoms with Gasteiger partial charge in [-0.3, -0.25) is 0 Å². The van der Waals surface area contributed by atoms with Gasteiger partial charge < -0.3 is 5.32 Å². The number of anilines is 1. The van der Waals surface area contributed by atoms with Crippen LogP contribution in [-0.2, 0) is 6.42 Å². The van der Waals surface area contributed by atoms with E-state index in [4.69, 9.17) is 0 Å². The predicted octanol–water partition coefficient (Wildman–Crippen LogP) is 3.57. The van der Waals surface area contributed by atoms with E-state index in [2.05, 4.69) is 38.1 Å². The highest BCUT2D eigenvalue weighted by molar-refractivity contribution is 9.10. The molecule has 0 spiro atoms. The average molecular weight is 298 g/mol. The van der Waals surface area contributed by atoms with Gasteiger partial charge in [0, 0.05) is 28.7 Å². The lowest BCUT2D eigenvalue weighted by atomic mass is 10.3. The Kier molecular flexibility index (Phi) is 3.56. The van der Waals surface area contributed by atoms with E-state index in [1.807, 2.05) is 24.6 Å². The SMILES string of the molecule is CCc1cc(NC)nc(-c2cc(Br)cs2)n1. The predicted molar refractivity (Wildman–Crippen MR) is 72.0 cm³/mol. The summed E-state index contributed by atoms with van der Waals surface area (Å²) in [6.07, 6.45) is 0.913. The molecule has 0 saturated carbocycles. The zero-order valence-electron chi connectivity index (χ0n) is 9.12. The fourth-order valence-corrected chi connectivity index (χ4v) is 2.71. The lowest BCUT2D eigenvalue weighted by Gasteiger charge is -2.04. The normalized spacial score (nSPS) is 10.4. The van der Waals surface area contributed by atoms with Crippen molar-refractivity contribution in [3.8, 4) is 10.7 Å². The van der Waals surface area contributed by atoms with Gasteiger partial charge in [-0.15, -0.1) is 11.3 Å². The Bertz CT molecular complexity index is 473. The molecule has 0 atom stereocenters. The molecule has 2 rings (SSSR count). The number of rotatable bonds is 3. The standard InChI is InChI=1S/C11H12BrN3S/c1-3-8-5-10(13-2)15-11(14-8)9-4-7(12)6-16-9/h4-6H,3H2,1-2H3,(H,13,14,15). The summed E-state index contributed by atoms with van der Waals surface area (Å²) in [6.45, 7) is 2.09. The van der Waals surface area contributed by atoms with Crippen LogP contribution in [0.15, 0.2) is 22.0 Å². The Hall–Kier alpha value is -0.940. The second-order valence-corrected chi connectivity index (χ2v) is 5.13. The highest BCUT2D eigenvalue weighted by Crippen LogP contribution is 2.28. The molecule has 0 aliphatic heterocycles. The van der Waals surface area contributed by atoms with Crippen LogP contribution in [0.1, 0.15) is 12.6 Å². The van der Waals surface area contributed by atoms with E-state index in [9.17, 15) is 0 Å². The van der Waals surface area contributed by atoms with Crippen LogP contribution in [0.3, 0.4) is 0 Å². The maximum atomic E-state index is 4.52. The smallest absolute Gasteiger partial charge is 0.171 e. The Balaban J connectivity index is 2.47. The van der Waals surface area contributed by atoms with Gasteiger partial charge in [0.15, 0.2) is 5.82 Å². The summed E-state index contributed by atoms with van der Waals surface area (Å²) in [6, 6.07) is 4.02. The summed E-state index contributed by atoms with van der Waals surface area (Å²) in [5.74, 6) is 1.66. The number of nitrogens with one attached hydrogen (secondary N) is 1. The molecule has 1 N–H and O–H groups in total. The third kappa shape index (κ3) is 2.41. The van der Waals surface area contributed by atoms with Crippen LogP contribution >= 0.6 is 27.3 Å². The third-order valence-electron chi connectivity index (χ3n) is 2.19. The minimum Gasteiger partial charge on any atom is -0.373 e. The molecule has 2 aromatic rings. The number of nitrogens with zero attached hydrogens (tertiary/aromatic N) is 2. The second kappa shape index (κ2) is 4.93. The maximum absolute atomic E-state index is 4.52. The second-order valence-electron chi connectivity index (χ2n) is 3.30. The number of aryl methyl sites for hydroxylation is 1. The monoisotopic (exact) mass is 297 g/mol. The third-order valence-corrected chi connectivity index (χ3v) is 3.87. The van der Waals surface area contributed by atoms with E-state index in [0.29, 0.717) is 0 Å². The molecule has 0 aromatic carbocycles.